The van der Waals surface area contributed by atoms with Gasteiger partial charge in [0.1, 0.15) is 17.0 Å². The molecular weight excluding hydrogens is 419 g/mol. The average molecular weight is 433 g/mol. The monoisotopic (exact) mass is 432 g/mol. The molecular formula is C24H14Cl2N2O2. The van der Waals surface area contributed by atoms with Crippen molar-refractivity contribution in [3.63, 3.8) is 0 Å². The third-order valence-electron chi connectivity index (χ3n) is 4.56. The molecule has 0 bridgehead atoms. The number of nitrogens with zero attached hydrogens (tertiary/aromatic N) is 2. The van der Waals surface area contributed by atoms with Gasteiger partial charge in [-0.1, -0.05) is 41.4 Å². The van der Waals surface area contributed by atoms with Crippen LogP contribution in [0.15, 0.2) is 92.7 Å². The molecule has 3 aromatic carbocycles. The lowest BCUT2D eigenvalue weighted by molar-refractivity contribution is 0.575. The number of para-hydroxylation sites is 2. The Hall–Kier alpha value is -3.34. The summed E-state index contributed by atoms with van der Waals surface area (Å²) in [6.07, 6.45) is 1.67. The van der Waals surface area contributed by atoms with Crippen LogP contribution in [0, 0.1) is 0 Å². The maximum atomic E-state index is 6.09. The molecule has 0 N–H and O–H groups in total. The maximum Gasteiger partial charge on any atom is 0.227 e. The standard InChI is InChI=1S/C24H14Cl2N2O2/c25-19-10-8-15(13-20(19)26)22-11-9-18(29-22)14-27-17-5-3-4-16(12-17)24-28-21-6-1-2-7-23(21)30-24/h1-14H. The maximum absolute atomic E-state index is 6.09. The van der Waals surface area contributed by atoms with E-state index in [1.807, 2.05) is 66.7 Å². The van der Waals surface area contributed by atoms with Crippen LogP contribution in [-0.4, -0.2) is 11.2 Å². The van der Waals surface area contributed by atoms with Crippen molar-refractivity contribution in [2.24, 2.45) is 4.99 Å². The van der Waals surface area contributed by atoms with E-state index in [0.717, 1.165) is 27.9 Å². The number of rotatable bonds is 4. The molecule has 0 amide bonds. The molecule has 0 fully saturated rings. The summed E-state index contributed by atoms with van der Waals surface area (Å²) >= 11 is 12.1. The van der Waals surface area contributed by atoms with E-state index < -0.39 is 0 Å². The molecule has 30 heavy (non-hydrogen) atoms. The number of furan rings is 1. The lowest BCUT2D eigenvalue weighted by Gasteiger charge is -1.99. The van der Waals surface area contributed by atoms with Crippen LogP contribution in [0.4, 0.5) is 5.69 Å². The number of aliphatic imine (C=N–C) groups is 1. The van der Waals surface area contributed by atoms with Gasteiger partial charge < -0.3 is 8.83 Å². The van der Waals surface area contributed by atoms with Gasteiger partial charge in [0.2, 0.25) is 5.89 Å². The summed E-state index contributed by atoms with van der Waals surface area (Å²) in [5.41, 5.74) is 4.06. The first-order chi connectivity index (χ1) is 14.7. The average Bonchev–Trinajstić information content (AvgIpc) is 3.41. The van der Waals surface area contributed by atoms with Crippen LogP contribution in [0.25, 0.3) is 33.9 Å². The summed E-state index contributed by atoms with van der Waals surface area (Å²) in [5.74, 6) is 1.88. The molecule has 6 heteroatoms. The zero-order valence-electron chi connectivity index (χ0n) is 15.5. The summed E-state index contributed by atoms with van der Waals surface area (Å²) in [4.78, 5) is 9.06. The van der Waals surface area contributed by atoms with E-state index in [1.165, 1.54) is 0 Å². The highest BCUT2D eigenvalue weighted by Crippen LogP contribution is 2.30. The Morgan fingerprint density at radius 3 is 2.53 bits per heavy atom. The van der Waals surface area contributed by atoms with Gasteiger partial charge in [0.15, 0.2) is 5.58 Å². The molecule has 2 heterocycles. The molecule has 0 atom stereocenters. The Morgan fingerprint density at radius 1 is 0.767 bits per heavy atom. The summed E-state index contributed by atoms with van der Waals surface area (Å²) in [6, 6.07) is 24.5. The number of hydrogen-bond donors (Lipinski definition) is 0. The Balaban J connectivity index is 1.39. The molecule has 0 unspecified atom stereocenters. The quantitative estimate of drug-likeness (QED) is 0.272. The van der Waals surface area contributed by atoms with E-state index in [-0.39, 0.29) is 0 Å². The van der Waals surface area contributed by atoms with Gasteiger partial charge in [0.25, 0.3) is 0 Å². The molecule has 0 aliphatic carbocycles. The van der Waals surface area contributed by atoms with Crippen molar-refractivity contribution in [1.82, 2.24) is 4.98 Å². The Kier molecular flexibility index (Phi) is 4.87. The molecule has 5 aromatic rings. The normalized spacial score (nSPS) is 11.5. The third kappa shape index (κ3) is 3.75. The number of benzene rings is 3. The second-order valence-corrected chi connectivity index (χ2v) is 7.44. The second kappa shape index (κ2) is 7.82. The fourth-order valence-electron chi connectivity index (χ4n) is 3.08. The van der Waals surface area contributed by atoms with Crippen LogP contribution in [0.1, 0.15) is 5.76 Å². The highest BCUT2D eigenvalue weighted by Gasteiger charge is 2.09. The van der Waals surface area contributed by atoms with Crippen molar-refractivity contribution in [2.45, 2.75) is 0 Å². The van der Waals surface area contributed by atoms with E-state index in [1.54, 1.807) is 18.3 Å². The molecule has 0 spiro atoms. The van der Waals surface area contributed by atoms with Gasteiger partial charge in [-0.15, -0.1) is 0 Å². The van der Waals surface area contributed by atoms with Gasteiger partial charge in [-0.25, -0.2) is 4.98 Å². The van der Waals surface area contributed by atoms with Crippen molar-refractivity contribution in [3.05, 3.63) is 94.7 Å². The van der Waals surface area contributed by atoms with Gasteiger partial charge in [-0.05, 0) is 60.7 Å². The second-order valence-electron chi connectivity index (χ2n) is 6.63. The lowest BCUT2D eigenvalue weighted by Crippen LogP contribution is -1.78. The zero-order valence-corrected chi connectivity index (χ0v) is 17.1. The summed E-state index contributed by atoms with van der Waals surface area (Å²) in [6.45, 7) is 0. The molecule has 0 aliphatic heterocycles. The Morgan fingerprint density at radius 2 is 1.67 bits per heavy atom. The molecule has 0 saturated heterocycles. The summed E-state index contributed by atoms with van der Waals surface area (Å²) < 4.78 is 11.7. The Bertz CT molecular complexity index is 1350. The fourth-order valence-corrected chi connectivity index (χ4v) is 3.38. The molecule has 146 valence electrons. The van der Waals surface area contributed by atoms with Crippen LogP contribution >= 0.6 is 23.2 Å². The number of fused-ring (bicyclic) bond motifs is 1. The van der Waals surface area contributed by atoms with Crippen LogP contribution in [0.3, 0.4) is 0 Å². The topological polar surface area (TPSA) is 51.5 Å². The fraction of sp³-hybridized carbons (Fsp3) is 0. The molecule has 4 nitrogen and oxygen atoms in total. The minimum Gasteiger partial charge on any atom is -0.455 e. The van der Waals surface area contributed by atoms with Crippen molar-refractivity contribution in [3.8, 4) is 22.8 Å². The predicted octanol–water partition coefficient (Wildman–Crippen LogP) is 7.81. The Labute approximate surface area is 182 Å². The molecule has 5 rings (SSSR count). The van der Waals surface area contributed by atoms with Crippen molar-refractivity contribution < 1.29 is 8.83 Å². The first kappa shape index (κ1) is 18.7. The van der Waals surface area contributed by atoms with E-state index in [4.69, 9.17) is 32.0 Å². The van der Waals surface area contributed by atoms with Gasteiger partial charge >= 0.3 is 0 Å². The minimum atomic E-state index is 0.483. The molecule has 0 aliphatic rings. The van der Waals surface area contributed by atoms with Gasteiger partial charge in [0.05, 0.1) is 21.9 Å². The number of hydrogen-bond acceptors (Lipinski definition) is 4. The highest BCUT2D eigenvalue weighted by molar-refractivity contribution is 6.42. The number of aromatic nitrogens is 1. The minimum absolute atomic E-state index is 0.483. The van der Waals surface area contributed by atoms with E-state index in [9.17, 15) is 0 Å². The van der Waals surface area contributed by atoms with Crippen molar-refractivity contribution >= 4 is 46.2 Å². The molecule has 0 saturated carbocycles. The zero-order chi connectivity index (χ0) is 20.5. The third-order valence-corrected chi connectivity index (χ3v) is 5.30. The van der Waals surface area contributed by atoms with E-state index in [0.29, 0.717) is 27.5 Å². The van der Waals surface area contributed by atoms with Crippen molar-refractivity contribution in [2.75, 3.05) is 0 Å². The first-order valence-corrected chi connectivity index (χ1v) is 9.97. The van der Waals surface area contributed by atoms with E-state index in [2.05, 4.69) is 9.98 Å². The van der Waals surface area contributed by atoms with Gasteiger partial charge in [-0.2, -0.15) is 0 Å². The highest BCUT2D eigenvalue weighted by atomic mass is 35.5. The SMILES string of the molecule is Clc1ccc(-c2ccc(C=Nc3cccc(-c4nc5ccccc5o4)c3)o2)cc1Cl. The van der Waals surface area contributed by atoms with Crippen LogP contribution in [0.2, 0.25) is 10.0 Å². The van der Waals surface area contributed by atoms with Gasteiger partial charge in [-0.3, -0.25) is 4.99 Å². The summed E-state index contributed by atoms with van der Waals surface area (Å²) in [5, 5.41) is 0.990. The van der Waals surface area contributed by atoms with Crippen LogP contribution in [0.5, 0.6) is 0 Å². The van der Waals surface area contributed by atoms with E-state index >= 15 is 0 Å². The van der Waals surface area contributed by atoms with Crippen LogP contribution < -0.4 is 0 Å². The number of halogens is 2. The van der Waals surface area contributed by atoms with Crippen molar-refractivity contribution in [1.29, 1.82) is 0 Å². The first-order valence-electron chi connectivity index (χ1n) is 9.21. The largest absolute Gasteiger partial charge is 0.455 e. The summed E-state index contributed by atoms with van der Waals surface area (Å²) in [7, 11) is 0. The molecule has 0 radical (unpaired) electrons. The predicted molar refractivity (Wildman–Crippen MR) is 121 cm³/mol. The lowest BCUT2D eigenvalue weighted by atomic mass is 10.2. The smallest absolute Gasteiger partial charge is 0.227 e. The van der Waals surface area contributed by atoms with Crippen LogP contribution in [-0.2, 0) is 0 Å². The van der Waals surface area contributed by atoms with Gasteiger partial charge in [0, 0.05) is 11.1 Å². The molecule has 2 aromatic heterocycles. The number of oxazole rings is 1.